The topological polar surface area (TPSA) is 46.2 Å². The second-order valence-electron chi connectivity index (χ2n) is 6.78. The van der Waals surface area contributed by atoms with Crippen molar-refractivity contribution in [1.29, 1.82) is 0 Å². The highest BCUT2D eigenvalue weighted by atomic mass is 19.1. The van der Waals surface area contributed by atoms with Crippen molar-refractivity contribution in [3.05, 3.63) is 35.1 Å². The molecule has 1 aromatic rings. The maximum absolute atomic E-state index is 14.5. The van der Waals surface area contributed by atoms with Gasteiger partial charge in [-0.15, -0.1) is 0 Å². The molecule has 1 unspecified atom stereocenters. The van der Waals surface area contributed by atoms with Gasteiger partial charge < -0.3 is 10.8 Å². The van der Waals surface area contributed by atoms with Gasteiger partial charge in [-0.05, 0) is 49.6 Å². The molecular weight excluding hydrogens is 265 g/mol. The Balaban J connectivity index is 2.04. The molecule has 2 nitrogen and oxygen atoms in total. The smallest absolute Gasteiger partial charge is 0.132 e. The Hall–Kier alpha value is -0.930. The second kappa shape index (κ2) is 7.37. The Bertz CT molecular complexity index is 455. The van der Waals surface area contributed by atoms with E-state index < -0.39 is 6.10 Å². The Labute approximate surface area is 127 Å². The third kappa shape index (κ3) is 4.27. The Kier molecular flexibility index (Phi) is 5.77. The molecule has 1 fully saturated rings. The summed E-state index contributed by atoms with van der Waals surface area (Å²) >= 11 is 0. The average molecular weight is 293 g/mol. The fraction of sp³-hybridized carbons (Fsp3) is 0.667. The van der Waals surface area contributed by atoms with E-state index in [0.29, 0.717) is 23.9 Å². The first kappa shape index (κ1) is 16.4. The van der Waals surface area contributed by atoms with E-state index in [2.05, 4.69) is 6.92 Å². The number of benzene rings is 1. The quantitative estimate of drug-likeness (QED) is 0.829. The molecule has 0 bridgehead atoms. The van der Waals surface area contributed by atoms with E-state index in [9.17, 15) is 9.50 Å². The zero-order chi connectivity index (χ0) is 15.3. The van der Waals surface area contributed by atoms with Gasteiger partial charge in [0, 0.05) is 5.56 Å². The van der Waals surface area contributed by atoms with Gasteiger partial charge in [-0.1, -0.05) is 44.4 Å². The van der Waals surface area contributed by atoms with E-state index in [4.69, 9.17) is 5.73 Å². The van der Waals surface area contributed by atoms with Gasteiger partial charge in [0.15, 0.2) is 0 Å². The van der Waals surface area contributed by atoms with Crippen LogP contribution in [0.1, 0.15) is 69.1 Å². The van der Waals surface area contributed by atoms with Crippen molar-refractivity contribution in [2.24, 2.45) is 11.1 Å². The number of rotatable bonds is 6. The van der Waals surface area contributed by atoms with Gasteiger partial charge in [0.05, 0.1) is 6.10 Å². The molecule has 118 valence electrons. The molecule has 0 spiro atoms. The van der Waals surface area contributed by atoms with Gasteiger partial charge in [-0.2, -0.15) is 0 Å². The number of nitrogens with two attached hydrogens (primary N) is 1. The number of hydrogen-bond donors (Lipinski definition) is 2. The lowest BCUT2D eigenvalue weighted by Gasteiger charge is -2.33. The standard InChI is InChI=1S/C18H28FNO/c1-18(10-3-2-4-11-18)12-8-14-6-5-7-15(17(14)19)16(21)9-13-20/h5-7,16,21H,2-4,8-13,20H2,1H3. The largest absolute Gasteiger partial charge is 0.388 e. The molecular formula is C18H28FNO. The minimum Gasteiger partial charge on any atom is -0.388 e. The molecule has 0 aromatic heterocycles. The summed E-state index contributed by atoms with van der Waals surface area (Å²) in [5, 5.41) is 9.97. The van der Waals surface area contributed by atoms with E-state index in [1.54, 1.807) is 6.07 Å². The fourth-order valence-corrected chi connectivity index (χ4v) is 3.46. The molecule has 21 heavy (non-hydrogen) atoms. The summed E-state index contributed by atoms with van der Waals surface area (Å²) in [6.45, 7) is 2.69. The van der Waals surface area contributed by atoms with E-state index in [1.165, 1.54) is 32.1 Å². The van der Waals surface area contributed by atoms with Crippen molar-refractivity contribution in [2.45, 2.75) is 64.4 Å². The summed E-state index contributed by atoms with van der Waals surface area (Å²) in [6.07, 6.45) is 7.84. The number of aliphatic hydroxyl groups is 1. The first-order chi connectivity index (χ1) is 10.1. The van der Waals surface area contributed by atoms with Crippen LogP contribution in [-0.4, -0.2) is 11.7 Å². The molecule has 1 atom stereocenters. The minimum atomic E-state index is -0.791. The van der Waals surface area contributed by atoms with Crippen LogP contribution in [0.15, 0.2) is 18.2 Å². The summed E-state index contributed by atoms with van der Waals surface area (Å²) in [7, 11) is 0. The van der Waals surface area contributed by atoms with Crippen LogP contribution >= 0.6 is 0 Å². The van der Waals surface area contributed by atoms with Crippen molar-refractivity contribution in [1.82, 2.24) is 0 Å². The predicted molar refractivity (Wildman–Crippen MR) is 84.5 cm³/mol. The summed E-state index contributed by atoms with van der Waals surface area (Å²) in [5.74, 6) is -0.238. The monoisotopic (exact) mass is 293 g/mol. The van der Waals surface area contributed by atoms with E-state index in [-0.39, 0.29) is 5.82 Å². The molecule has 0 amide bonds. The summed E-state index contributed by atoms with van der Waals surface area (Å²) in [4.78, 5) is 0. The van der Waals surface area contributed by atoms with Gasteiger partial charge in [-0.25, -0.2) is 4.39 Å². The first-order valence-corrected chi connectivity index (χ1v) is 8.21. The minimum absolute atomic E-state index is 0.238. The van der Waals surface area contributed by atoms with Crippen LogP contribution in [0.4, 0.5) is 4.39 Å². The van der Waals surface area contributed by atoms with Crippen LogP contribution in [0.5, 0.6) is 0 Å². The molecule has 1 aliphatic rings. The Morgan fingerprint density at radius 1 is 1.29 bits per heavy atom. The number of aryl methyl sites for hydroxylation is 1. The second-order valence-corrected chi connectivity index (χ2v) is 6.78. The van der Waals surface area contributed by atoms with Gasteiger partial charge in [0.25, 0.3) is 0 Å². The predicted octanol–water partition coefficient (Wildman–Crippen LogP) is 4.11. The van der Waals surface area contributed by atoms with Crippen LogP contribution in [0.3, 0.4) is 0 Å². The summed E-state index contributed by atoms with van der Waals surface area (Å²) in [5.41, 5.74) is 6.93. The average Bonchev–Trinajstić information content (AvgIpc) is 2.47. The maximum Gasteiger partial charge on any atom is 0.132 e. The molecule has 1 saturated carbocycles. The van der Waals surface area contributed by atoms with Crippen molar-refractivity contribution < 1.29 is 9.50 Å². The van der Waals surface area contributed by atoms with Gasteiger partial charge in [0.2, 0.25) is 0 Å². The van der Waals surface area contributed by atoms with Crippen molar-refractivity contribution in [2.75, 3.05) is 6.54 Å². The number of halogens is 1. The number of aliphatic hydroxyl groups excluding tert-OH is 1. The maximum atomic E-state index is 14.5. The van der Waals surface area contributed by atoms with E-state index >= 15 is 0 Å². The van der Waals surface area contributed by atoms with Crippen LogP contribution in [0.2, 0.25) is 0 Å². The lowest BCUT2D eigenvalue weighted by atomic mass is 9.72. The van der Waals surface area contributed by atoms with Crippen LogP contribution < -0.4 is 5.73 Å². The molecule has 3 heteroatoms. The zero-order valence-electron chi connectivity index (χ0n) is 13.1. The molecule has 3 N–H and O–H groups in total. The fourth-order valence-electron chi connectivity index (χ4n) is 3.46. The normalized spacial score (nSPS) is 19.4. The number of hydrogen-bond acceptors (Lipinski definition) is 2. The Morgan fingerprint density at radius 2 is 2.00 bits per heavy atom. The van der Waals surface area contributed by atoms with Gasteiger partial charge in [0.1, 0.15) is 5.82 Å². The van der Waals surface area contributed by atoms with Gasteiger partial charge in [-0.3, -0.25) is 0 Å². The zero-order valence-corrected chi connectivity index (χ0v) is 13.1. The first-order valence-electron chi connectivity index (χ1n) is 8.21. The molecule has 0 aliphatic heterocycles. The lowest BCUT2D eigenvalue weighted by molar-refractivity contribution is 0.165. The summed E-state index contributed by atoms with van der Waals surface area (Å²) < 4.78 is 14.5. The summed E-state index contributed by atoms with van der Waals surface area (Å²) in [6, 6.07) is 5.36. The highest BCUT2D eigenvalue weighted by molar-refractivity contribution is 5.28. The highest BCUT2D eigenvalue weighted by Crippen LogP contribution is 2.39. The van der Waals surface area contributed by atoms with E-state index in [1.807, 2.05) is 12.1 Å². The lowest BCUT2D eigenvalue weighted by Crippen LogP contribution is -2.21. The molecule has 0 heterocycles. The van der Waals surface area contributed by atoms with Crippen LogP contribution in [-0.2, 0) is 6.42 Å². The molecule has 0 radical (unpaired) electrons. The van der Waals surface area contributed by atoms with Crippen molar-refractivity contribution in [3.8, 4) is 0 Å². The third-order valence-corrected chi connectivity index (χ3v) is 4.97. The highest BCUT2D eigenvalue weighted by Gasteiger charge is 2.27. The van der Waals surface area contributed by atoms with Crippen LogP contribution in [0.25, 0.3) is 0 Å². The van der Waals surface area contributed by atoms with Crippen LogP contribution in [0, 0.1) is 11.2 Å². The molecule has 1 aliphatic carbocycles. The third-order valence-electron chi connectivity index (χ3n) is 4.97. The van der Waals surface area contributed by atoms with Crippen molar-refractivity contribution in [3.63, 3.8) is 0 Å². The Morgan fingerprint density at radius 3 is 2.67 bits per heavy atom. The SMILES string of the molecule is CC1(CCc2cccc(C(O)CCN)c2F)CCCCC1. The van der Waals surface area contributed by atoms with Gasteiger partial charge >= 0.3 is 0 Å². The van der Waals surface area contributed by atoms with E-state index in [0.717, 1.165) is 18.4 Å². The molecule has 2 rings (SSSR count). The molecule has 1 aromatic carbocycles. The molecule has 0 saturated heterocycles. The van der Waals surface area contributed by atoms with Crippen molar-refractivity contribution >= 4 is 0 Å².